The van der Waals surface area contributed by atoms with Crippen LogP contribution >= 0.6 is 0 Å². The Morgan fingerprint density at radius 3 is 2.65 bits per heavy atom. The Bertz CT molecular complexity index is 349. The first-order valence-corrected chi connectivity index (χ1v) is 5.84. The Labute approximate surface area is 103 Å². The molecular weight excluding hydrogens is 216 g/mol. The second-order valence-corrected chi connectivity index (χ2v) is 5.14. The van der Waals surface area contributed by atoms with Crippen LogP contribution in [0.5, 0.6) is 0 Å². The quantitative estimate of drug-likeness (QED) is 0.814. The lowest BCUT2D eigenvalue weighted by Crippen LogP contribution is -2.27. The summed E-state index contributed by atoms with van der Waals surface area (Å²) >= 11 is 0. The van der Waals surface area contributed by atoms with Crippen LogP contribution in [0.15, 0.2) is 12.4 Å². The van der Waals surface area contributed by atoms with E-state index < -0.39 is 0 Å². The van der Waals surface area contributed by atoms with Crippen LogP contribution < -0.4 is 10.2 Å². The molecule has 0 saturated carbocycles. The van der Waals surface area contributed by atoms with Crippen molar-refractivity contribution in [3.63, 3.8) is 0 Å². The molecule has 1 aromatic heterocycles. The molecule has 1 rings (SSSR count). The van der Waals surface area contributed by atoms with Gasteiger partial charge in [0, 0.05) is 31.8 Å². The van der Waals surface area contributed by atoms with Gasteiger partial charge < -0.3 is 15.3 Å². The first kappa shape index (κ1) is 13.7. The van der Waals surface area contributed by atoms with Gasteiger partial charge in [-0.25, -0.2) is 9.97 Å². The van der Waals surface area contributed by atoms with E-state index in [1.54, 1.807) is 6.33 Å². The van der Waals surface area contributed by atoms with Gasteiger partial charge in [0.2, 0.25) is 0 Å². The van der Waals surface area contributed by atoms with Crippen molar-refractivity contribution >= 4 is 11.6 Å². The third kappa shape index (κ3) is 4.99. The highest BCUT2D eigenvalue weighted by Crippen LogP contribution is 2.16. The van der Waals surface area contributed by atoms with Crippen LogP contribution in [0.1, 0.15) is 27.2 Å². The van der Waals surface area contributed by atoms with Crippen molar-refractivity contribution in [1.82, 2.24) is 9.97 Å². The van der Waals surface area contributed by atoms with E-state index in [-0.39, 0.29) is 12.1 Å². The summed E-state index contributed by atoms with van der Waals surface area (Å²) in [4.78, 5) is 10.4. The number of nitrogens with one attached hydrogen (secondary N) is 1. The third-order valence-corrected chi connectivity index (χ3v) is 2.20. The topological polar surface area (TPSA) is 61.3 Å². The number of hydrogen-bond donors (Lipinski definition) is 2. The highest BCUT2D eigenvalue weighted by atomic mass is 16.3. The second kappa shape index (κ2) is 5.82. The minimum Gasteiger partial charge on any atom is -0.396 e. The molecule has 0 saturated heterocycles. The van der Waals surface area contributed by atoms with E-state index in [1.807, 2.05) is 18.0 Å². The van der Waals surface area contributed by atoms with Gasteiger partial charge in [-0.05, 0) is 27.2 Å². The largest absolute Gasteiger partial charge is 0.396 e. The summed E-state index contributed by atoms with van der Waals surface area (Å²) in [5.74, 6) is 1.68. The van der Waals surface area contributed by atoms with Crippen LogP contribution in [0.2, 0.25) is 0 Å². The zero-order valence-electron chi connectivity index (χ0n) is 11.1. The molecule has 0 aliphatic rings. The van der Waals surface area contributed by atoms with E-state index >= 15 is 0 Å². The van der Waals surface area contributed by atoms with Crippen molar-refractivity contribution in [3.8, 4) is 0 Å². The zero-order chi connectivity index (χ0) is 12.9. The predicted octanol–water partition coefficient (Wildman–Crippen LogP) is 1.51. The molecule has 0 atom stereocenters. The molecule has 0 spiro atoms. The summed E-state index contributed by atoms with van der Waals surface area (Å²) in [6, 6.07) is 1.92. The lowest BCUT2D eigenvalue weighted by atomic mass is 10.1. The van der Waals surface area contributed by atoms with Crippen LogP contribution in [0.4, 0.5) is 11.6 Å². The molecule has 0 amide bonds. The van der Waals surface area contributed by atoms with Crippen molar-refractivity contribution in [1.29, 1.82) is 0 Å². The van der Waals surface area contributed by atoms with Crippen molar-refractivity contribution in [3.05, 3.63) is 12.4 Å². The lowest BCUT2D eigenvalue weighted by molar-refractivity contribution is 0.290. The molecule has 17 heavy (non-hydrogen) atoms. The fourth-order valence-electron chi connectivity index (χ4n) is 1.43. The SMILES string of the molecule is CN(CCCO)c1cc(NC(C)(C)C)ncn1. The summed E-state index contributed by atoms with van der Waals surface area (Å²) in [5.41, 5.74) is -0.0186. The monoisotopic (exact) mass is 238 g/mol. The van der Waals surface area contributed by atoms with E-state index in [0.717, 1.165) is 24.6 Å². The summed E-state index contributed by atoms with van der Waals surface area (Å²) in [7, 11) is 1.96. The Balaban J connectivity index is 2.71. The molecule has 5 heteroatoms. The van der Waals surface area contributed by atoms with Crippen LogP contribution in [-0.2, 0) is 0 Å². The van der Waals surface area contributed by atoms with Gasteiger partial charge >= 0.3 is 0 Å². The number of rotatable bonds is 5. The van der Waals surface area contributed by atoms with Gasteiger partial charge in [0.1, 0.15) is 18.0 Å². The van der Waals surface area contributed by atoms with Gasteiger partial charge in [-0.15, -0.1) is 0 Å². The normalized spacial score (nSPS) is 11.4. The molecule has 0 aromatic carbocycles. The number of aliphatic hydroxyl groups excluding tert-OH is 1. The van der Waals surface area contributed by atoms with Gasteiger partial charge in [-0.2, -0.15) is 0 Å². The minimum absolute atomic E-state index is 0.0186. The van der Waals surface area contributed by atoms with Crippen LogP contribution in [0.25, 0.3) is 0 Å². The molecule has 0 radical (unpaired) electrons. The Hall–Kier alpha value is -1.36. The van der Waals surface area contributed by atoms with Gasteiger partial charge in [0.25, 0.3) is 0 Å². The molecule has 0 bridgehead atoms. The van der Waals surface area contributed by atoms with Crippen LogP contribution in [-0.4, -0.2) is 40.8 Å². The van der Waals surface area contributed by atoms with Crippen molar-refractivity contribution in [2.45, 2.75) is 32.7 Å². The maximum atomic E-state index is 8.80. The maximum absolute atomic E-state index is 8.80. The van der Waals surface area contributed by atoms with E-state index in [0.29, 0.717) is 0 Å². The van der Waals surface area contributed by atoms with Crippen molar-refractivity contribution < 1.29 is 5.11 Å². The Kier molecular flexibility index (Phi) is 4.69. The van der Waals surface area contributed by atoms with Crippen LogP contribution in [0.3, 0.4) is 0 Å². The third-order valence-electron chi connectivity index (χ3n) is 2.20. The van der Waals surface area contributed by atoms with E-state index in [2.05, 4.69) is 36.1 Å². The first-order chi connectivity index (χ1) is 7.92. The van der Waals surface area contributed by atoms with Gasteiger partial charge in [0.15, 0.2) is 0 Å². The number of hydrogen-bond acceptors (Lipinski definition) is 5. The number of anilines is 2. The molecule has 0 unspecified atom stereocenters. The Morgan fingerprint density at radius 1 is 1.35 bits per heavy atom. The fraction of sp³-hybridized carbons (Fsp3) is 0.667. The molecule has 5 nitrogen and oxygen atoms in total. The predicted molar refractivity (Wildman–Crippen MR) is 70.4 cm³/mol. The molecule has 1 heterocycles. The number of aliphatic hydroxyl groups is 1. The number of nitrogens with zero attached hydrogens (tertiary/aromatic N) is 3. The zero-order valence-corrected chi connectivity index (χ0v) is 11.1. The highest BCUT2D eigenvalue weighted by molar-refractivity contribution is 5.48. The number of aromatic nitrogens is 2. The van der Waals surface area contributed by atoms with Gasteiger partial charge in [-0.1, -0.05) is 0 Å². The molecule has 0 aliphatic carbocycles. The van der Waals surface area contributed by atoms with Gasteiger partial charge in [0.05, 0.1) is 0 Å². The summed E-state index contributed by atoms with van der Waals surface area (Å²) in [6.07, 6.45) is 2.29. The average molecular weight is 238 g/mol. The second-order valence-electron chi connectivity index (χ2n) is 5.14. The summed E-state index contributed by atoms with van der Waals surface area (Å²) in [6.45, 7) is 7.24. The van der Waals surface area contributed by atoms with E-state index in [9.17, 15) is 0 Å². The minimum atomic E-state index is -0.0186. The molecule has 0 aliphatic heterocycles. The van der Waals surface area contributed by atoms with Crippen molar-refractivity contribution in [2.24, 2.45) is 0 Å². The molecule has 1 aromatic rings. The highest BCUT2D eigenvalue weighted by Gasteiger charge is 2.11. The standard InChI is InChI=1S/C12H22N4O/c1-12(2,3)15-10-8-11(14-9-13-10)16(4)6-5-7-17/h8-9,17H,5-7H2,1-4H3,(H,13,14,15). The Morgan fingerprint density at radius 2 is 2.06 bits per heavy atom. The average Bonchev–Trinajstić information content (AvgIpc) is 2.24. The van der Waals surface area contributed by atoms with Gasteiger partial charge in [-0.3, -0.25) is 0 Å². The smallest absolute Gasteiger partial charge is 0.133 e. The maximum Gasteiger partial charge on any atom is 0.133 e. The molecule has 2 N–H and O–H groups in total. The van der Waals surface area contributed by atoms with E-state index in [4.69, 9.17) is 5.11 Å². The molecule has 0 fully saturated rings. The molecule has 96 valence electrons. The van der Waals surface area contributed by atoms with Crippen LogP contribution in [0, 0.1) is 0 Å². The first-order valence-electron chi connectivity index (χ1n) is 5.84. The van der Waals surface area contributed by atoms with E-state index in [1.165, 1.54) is 0 Å². The summed E-state index contributed by atoms with van der Waals surface area (Å²) < 4.78 is 0. The van der Waals surface area contributed by atoms with Crippen molar-refractivity contribution in [2.75, 3.05) is 30.4 Å². The summed E-state index contributed by atoms with van der Waals surface area (Å²) in [5, 5.41) is 12.1. The lowest BCUT2D eigenvalue weighted by Gasteiger charge is -2.23. The fourth-order valence-corrected chi connectivity index (χ4v) is 1.43. The molecular formula is C12H22N4O.